The van der Waals surface area contributed by atoms with Crippen molar-refractivity contribution in [1.82, 2.24) is 0 Å². The molecule has 6 N–H and O–H groups in total. The number of aryl methyl sites for hydroxylation is 1. The van der Waals surface area contributed by atoms with Gasteiger partial charge in [-0.2, -0.15) is 0 Å². The van der Waals surface area contributed by atoms with Crippen molar-refractivity contribution < 1.29 is 5.11 Å². The van der Waals surface area contributed by atoms with Crippen LogP contribution in [0.5, 0.6) is 5.75 Å². The van der Waals surface area contributed by atoms with Crippen molar-refractivity contribution >= 4 is 29.5 Å². The number of aromatic hydroxyl groups is 1. The van der Waals surface area contributed by atoms with Gasteiger partial charge in [-0.25, -0.2) is 0 Å². The summed E-state index contributed by atoms with van der Waals surface area (Å²) in [5.41, 5.74) is 15.6. The van der Waals surface area contributed by atoms with Crippen molar-refractivity contribution in [1.29, 1.82) is 0 Å². The predicted octanol–water partition coefficient (Wildman–Crippen LogP) is 2.90. The third-order valence-corrected chi connectivity index (χ3v) is 2.86. The van der Waals surface area contributed by atoms with E-state index in [1.807, 2.05) is 25.1 Å². The van der Waals surface area contributed by atoms with Gasteiger partial charge in [-0.05, 0) is 48.9 Å². The number of halogens is 1. The zero-order valence-corrected chi connectivity index (χ0v) is 11.5. The molecule has 0 aliphatic rings. The standard InChI is InChI=1S/C14H17N3O.ClH/c1-9-6-12(3-4-13(9)16)17-8-10-7-11(15)2-5-14(10)18;/h2-7,17-18H,8,15-16H2,1H3;1H. The zero-order chi connectivity index (χ0) is 13.1. The van der Waals surface area contributed by atoms with E-state index in [4.69, 9.17) is 11.5 Å². The van der Waals surface area contributed by atoms with Crippen LogP contribution < -0.4 is 16.8 Å². The average molecular weight is 280 g/mol. The maximum Gasteiger partial charge on any atom is 0.120 e. The molecule has 2 aromatic carbocycles. The molecule has 0 atom stereocenters. The molecule has 0 radical (unpaired) electrons. The molecular formula is C14H18ClN3O. The molecule has 0 saturated carbocycles. The number of benzene rings is 2. The maximum absolute atomic E-state index is 9.70. The van der Waals surface area contributed by atoms with Gasteiger partial charge >= 0.3 is 0 Å². The highest BCUT2D eigenvalue weighted by Crippen LogP contribution is 2.22. The Kier molecular flexibility index (Phi) is 4.89. The number of rotatable bonds is 3. The second-order valence-corrected chi connectivity index (χ2v) is 4.31. The number of nitrogen functional groups attached to an aromatic ring is 2. The number of phenolic OH excluding ortho intramolecular Hbond substituents is 1. The Hall–Kier alpha value is -2.07. The van der Waals surface area contributed by atoms with Gasteiger partial charge in [-0.15, -0.1) is 12.4 Å². The molecule has 5 heteroatoms. The first-order valence-corrected chi connectivity index (χ1v) is 5.73. The molecule has 0 aromatic heterocycles. The number of hydrogen-bond acceptors (Lipinski definition) is 4. The molecule has 0 bridgehead atoms. The van der Waals surface area contributed by atoms with Gasteiger partial charge in [0.25, 0.3) is 0 Å². The first-order chi connectivity index (χ1) is 8.56. The Balaban J connectivity index is 0.00000180. The summed E-state index contributed by atoms with van der Waals surface area (Å²) in [6.45, 7) is 2.47. The Morgan fingerprint density at radius 2 is 1.84 bits per heavy atom. The van der Waals surface area contributed by atoms with Gasteiger partial charge in [0.2, 0.25) is 0 Å². The van der Waals surface area contributed by atoms with Crippen LogP contribution in [-0.4, -0.2) is 5.11 Å². The lowest BCUT2D eigenvalue weighted by atomic mass is 10.1. The average Bonchev–Trinajstić information content (AvgIpc) is 2.34. The third kappa shape index (κ3) is 3.69. The number of hydrogen-bond donors (Lipinski definition) is 4. The molecule has 2 rings (SSSR count). The minimum atomic E-state index is 0. The van der Waals surface area contributed by atoms with Crippen molar-refractivity contribution in [2.24, 2.45) is 0 Å². The van der Waals surface area contributed by atoms with Crippen molar-refractivity contribution in [2.45, 2.75) is 13.5 Å². The highest BCUT2D eigenvalue weighted by atomic mass is 35.5. The fourth-order valence-electron chi connectivity index (χ4n) is 1.73. The Bertz CT molecular complexity index is 573. The molecule has 0 heterocycles. The predicted molar refractivity (Wildman–Crippen MR) is 82.7 cm³/mol. The summed E-state index contributed by atoms with van der Waals surface area (Å²) < 4.78 is 0. The number of phenols is 1. The topological polar surface area (TPSA) is 84.3 Å². The molecule has 0 amide bonds. The Morgan fingerprint density at radius 1 is 1.11 bits per heavy atom. The van der Waals surface area contributed by atoms with Crippen molar-refractivity contribution in [3.8, 4) is 5.75 Å². The van der Waals surface area contributed by atoms with Gasteiger partial charge < -0.3 is 21.9 Å². The summed E-state index contributed by atoms with van der Waals surface area (Å²) in [7, 11) is 0. The molecule has 0 aliphatic heterocycles. The Morgan fingerprint density at radius 3 is 2.53 bits per heavy atom. The lowest BCUT2D eigenvalue weighted by Gasteiger charge is -2.10. The van der Waals surface area contributed by atoms with Crippen LogP contribution in [0.2, 0.25) is 0 Å². The number of nitrogens with one attached hydrogen (secondary N) is 1. The fraction of sp³-hybridized carbons (Fsp3) is 0.143. The second kappa shape index (κ2) is 6.20. The summed E-state index contributed by atoms with van der Waals surface area (Å²) in [6.07, 6.45) is 0. The summed E-state index contributed by atoms with van der Waals surface area (Å²) in [4.78, 5) is 0. The van der Waals surface area contributed by atoms with Crippen LogP contribution in [0.25, 0.3) is 0 Å². The first kappa shape index (κ1) is 15.0. The number of nitrogens with two attached hydrogens (primary N) is 2. The van der Waals surface area contributed by atoms with Crippen LogP contribution in [-0.2, 0) is 6.54 Å². The molecule has 0 spiro atoms. The third-order valence-electron chi connectivity index (χ3n) is 2.86. The molecule has 0 saturated heterocycles. The lowest BCUT2D eigenvalue weighted by molar-refractivity contribution is 0.469. The SMILES string of the molecule is Cc1cc(NCc2cc(N)ccc2O)ccc1N.Cl. The quantitative estimate of drug-likeness (QED) is 0.514. The van der Waals surface area contributed by atoms with Gasteiger partial charge in [0.05, 0.1) is 0 Å². The van der Waals surface area contributed by atoms with Crippen LogP contribution in [0.4, 0.5) is 17.1 Å². The van der Waals surface area contributed by atoms with Crippen LogP contribution in [0.1, 0.15) is 11.1 Å². The molecule has 2 aromatic rings. The lowest BCUT2D eigenvalue weighted by Crippen LogP contribution is -2.01. The van der Waals surface area contributed by atoms with E-state index in [1.54, 1.807) is 18.2 Å². The van der Waals surface area contributed by atoms with Crippen molar-refractivity contribution in [2.75, 3.05) is 16.8 Å². The summed E-state index contributed by atoms with van der Waals surface area (Å²) in [5, 5.41) is 12.9. The molecule has 0 fully saturated rings. The van der Waals surface area contributed by atoms with Crippen LogP contribution in [0.3, 0.4) is 0 Å². The molecule has 4 nitrogen and oxygen atoms in total. The van der Waals surface area contributed by atoms with E-state index < -0.39 is 0 Å². The van der Waals surface area contributed by atoms with E-state index in [1.165, 1.54) is 0 Å². The summed E-state index contributed by atoms with van der Waals surface area (Å²) >= 11 is 0. The van der Waals surface area contributed by atoms with E-state index in [0.717, 1.165) is 22.5 Å². The molecule has 102 valence electrons. The minimum Gasteiger partial charge on any atom is -0.508 e. The normalized spacial score (nSPS) is 9.74. The summed E-state index contributed by atoms with van der Waals surface area (Å²) in [6, 6.07) is 10.8. The van der Waals surface area contributed by atoms with Crippen molar-refractivity contribution in [3.63, 3.8) is 0 Å². The molecule has 0 unspecified atom stereocenters. The molecule has 0 aliphatic carbocycles. The van der Waals surface area contributed by atoms with Gasteiger partial charge in [0.15, 0.2) is 0 Å². The molecular weight excluding hydrogens is 262 g/mol. The monoisotopic (exact) mass is 279 g/mol. The zero-order valence-electron chi connectivity index (χ0n) is 10.7. The number of anilines is 3. The van der Waals surface area contributed by atoms with E-state index in [-0.39, 0.29) is 18.2 Å². The largest absolute Gasteiger partial charge is 0.508 e. The maximum atomic E-state index is 9.70. The van der Waals surface area contributed by atoms with Crippen LogP contribution >= 0.6 is 12.4 Å². The second-order valence-electron chi connectivity index (χ2n) is 4.31. The van der Waals surface area contributed by atoms with Gasteiger partial charge in [0, 0.05) is 29.2 Å². The van der Waals surface area contributed by atoms with Crippen molar-refractivity contribution in [3.05, 3.63) is 47.5 Å². The minimum absolute atomic E-state index is 0. The van der Waals surface area contributed by atoms with E-state index in [2.05, 4.69) is 5.32 Å². The summed E-state index contributed by atoms with van der Waals surface area (Å²) in [5.74, 6) is 0.240. The van der Waals surface area contributed by atoms with Crippen LogP contribution in [0.15, 0.2) is 36.4 Å². The van der Waals surface area contributed by atoms with Gasteiger partial charge in [-0.1, -0.05) is 0 Å². The highest BCUT2D eigenvalue weighted by molar-refractivity contribution is 5.85. The van der Waals surface area contributed by atoms with E-state index in [0.29, 0.717) is 12.2 Å². The Labute approximate surface area is 118 Å². The van der Waals surface area contributed by atoms with Crippen LogP contribution in [0, 0.1) is 6.92 Å². The van der Waals surface area contributed by atoms with E-state index in [9.17, 15) is 5.11 Å². The fourth-order valence-corrected chi connectivity index (χ4v) is 1.73. The smallest absolute Gasteiger partial charge is 0.120 e. The molecule has 19 heavy (non-hydrogen) atoms. The van der Waals surface area contributed by atoms with Gasteiger partial charge in [0.1, 0.15) is 5.75 Å². The van der Waals surface area contributed by atoms with E-state index >= 15 is 0 Å². The van der Waals surface area contributed by atoms with Gasteiger partial charge in [-0.3, -0.25) is 0 Å². The first-order valence-electron chi connectivity index (χ1n) is 5.73. The highest BCUT2D eigenvalue weighted by Gasteiger charge is 2.02.